The zero-order valence-corrected chi connectivity index (χ0v) is 19.8. The highest BCUT2D eigenvalue weighted by Crippen LogP contribution is 2.36. The number of nitrogens with two attached hydrogens (primary N) is 1. The Balaban J connectivity index is 1.41. The summed E-state index contributed by atoms with van der Waals surface area (Å²) in [6.07, 6.45) is 3.70. The fourth-order valence-electron chi connectivity index (χ4n) is 4.18. The standard InChI is InChI=1S/C26H23ClFN3O5/c27-19-10-14(35-21-4-2-1-3-20(21)28)5-6-17(19)25(33)18-11-30-26-23(18)24(29)22(12-31-26)36-15-7-8-34-16(9-15)13-32/h1-6,10-12,15-16,32H,7-9,13H2,(H3,29,30,31)/t15?,16-/m0/s1. The van der Waals surface area contributed by atoms with Crippen LogP contribution in [-0.2, 0) is 4.74 Å². The van der Waals surface area contributed by atoms with Crippen LogP contribution in [0.1, 0.15) is 28.8 Å². The minimum atomic E-state index is -0.513. The molecule has 0 bridgehead atoms. The van der Waals surface area contributed by atoms with Gasteiger partial charge in [0.2, 0.25) is 0 Å². The monoisotopic (exact) mass is 511 g/mol. The highest BCUT2D eigenvalue weighted by molar-refractivity contribution is 6.35. The zero-order valence-electron chi connectivity index (χ0n) is 19.0. The van der Waals surface area contributed by atoms with E-state index in [1.165, 1.54) is 36.7 Å². The fraction of sp³-hybridized carbons (Fsp3) is 0.231. The molecular formula is C26H23ClFN3O5. The predicted molar refractivity (Wildman–Crippen MR) is 132 cm³/mol. The van der Waals surface area contributed by atoms with Gasteiger partial charge in [0.25, 0.3) is 0 Å². The number of H-pyrrole nitrogens is 1. The van der Waals surface area contributed by atoms with E-state index in [1.807, 2.05) is 0 Å². The lowest BCUT2D eigenvalue weighted by Gasteiger charge is -2.29. The molecule has 186 valence electrons. The number of halogens is 2. The van der Waals surface area contributed by atoms with Crippen LogP contribution in [-0.4, -0.2) is 46.3 Å². The predicted octanol–water partition coefficient (Wildman–Crippen LogP) is 4.88. The molecule has 36 heavy (non-hydrogen) atoms. The van der Waals surface area contributed by atoms with Gasteiger partial charge in [0, 0.05) is 30.7 Å². The van der Waals surface area contributed by atoms with Gasteiger partial charge in [-0.1, -0.05) is 23.7 Å². The van der Waals surface area contributed by atoms with Gasteiger partial charge in [-0.05, 0) is 24.3 Å². The number of aliphatic hydroxyl groups excluding tert-OH is 1. The number of aliphatic hydroxyl groups is 1. The quantitative estimate of drug-likeness (QED) is 0.302. The van der Waals surface area contributed by atoms with E-state index in [4.69, 9.17) is 31.5 Å². The number of anilines is 1. The Morgan fingerprint density at radius 1 is 1.25 bits per heavy atom. The van der Waals surface area contributed by atoms with Crippen molar-refractivity contribution < 1.29 is 28.5 Å². The van der Waals surface area contributed by atoms with Crippen LogP contribution in [0, 0.1) is 5.82 Å². The topological polar surface area (TPSA) is 120 Å². The lowest BCUT2D eigenvalue weighted by Crippen LogP contribution is -2.34. The summed E-state index contributed by atoms with van der Waals surface area (Å²) in [5, 5.41) is 9.94. The second kappa shape index (κ2) is 10.1. The number of rotatable bonds is 7. The van der Waals surface area contributed by atoms with Crippen molar-refractivity contribution in [2.45, 2.75) is 25.0 Å². The van der Waals surface area contributed by atoms with Crippen molar-refractivity contribution >= 4 is 34.1 Å². The van der Waals surface area contributed by atoms with Crippen molar-refractivity contribution in [3.05, 3.63) is 76.8 Å². The maximum Gasteiger partial charge on any atom is 0.196 e. The smallest absolute Gasteiger partial charge is 0.196 e. The summed E-state index contributed by atoms with van der Waals surface area (Å²) in [7, 11) is 0. The van der Waals surface area contributed by atoms with E-state index in [0.29, 0.717) is 36.2 Å². The van der Waals surface area contributed by atoms with Crippen molar-refractivity contribution in [1.29, 1.82) is 0 Å². The third kappa shape index (κ3) is 4.73. The van der Waals surface area contributed by atoms with Crippen LogP contribution in [0.4, 0.5) is 10.1 Å². The number of para-hydroxylation sites is 1. The molecule has 0 spiro atoms. The summed E-state index contributed by atoms with van der Waals surface area (Å²) in [6.45, 7) is 0.377. The molecule has 0 aliphatic carbocycles. The number of pyridine rings is 1. The third-order valence-electron chi connectivity index (χ3n) is 6.02. The van der Waals surface area contributed by atoms with Crippen LogP contribution in [0.2, 0.25) is 5.02 Å². The second-order valence-corrected chi connectivity index (χ2v) is 8.81. The molecule has 3 heterocycles. The van der Waals surface area contributed by atoms with Gasteiger partial charge >= 0.3 is 0 Å². The number of benzene rings is 2. The number of nitrogens with one attached hydrogen (secondary N) is 1. The van der Waals surface area contributed by atoms with Crippen molar-refractivity contribution in [3.63, 3.8) is 0 Å². The Morgan fingerprint density at radius 2 is 2.08 bits per heavy atom. The summed E-state index contributed by atoms with van der Waals surface area (Å²) < 4.78 is 31.0. The van der Waals surface area contributed by atoms with Gasteiger partial charge in [0.1, 0.15) is 17.5 Å². The molecule has 1 fully saturated rings. The van der Waals surface area contributed by atoms with Gasteiger partial charge in [0.05, 0.1) is 47.2 Å². The molecule has 4 N–H and O–H groups in total. The van der Waals surface area contributed by atoms with E-state index in [2.05, 4.69) is 9.97 Å². The van der Waals surface area contributed by atoms with Gasteiger partial charge in [-0.15, -0.1) is 0 Å². The van der Waals surface area contributed by atoms with Crippen LogP contribution in [0.25, 0.3) is 11.0 Å². The number of hydrogen-bond acceptors (Lipinski definition) is 7. The normalized spacial score (nSPS) is 17.8. The minimum absolute atomic E-state index is 0.0467. The minimum Gasteiger partial charge on any atom is -0.486 e. The summed E-state index contributed by atoms with van der Waals surface area (Å²) in [5.41, 5.74) is 7.63. The summed E-state index contributed by atoms with van der Waals surface area (Å²) in [6, 6.07) is 10.5. The number of aromatic amines is 1. The van der Waals surface area contributed by atoms with Gasteiger partial charge in [-0.2, -0.15) is 0 Å². The number of carbonyl (C=O) groups is 1. The fourth-order valence-corrected chi connectivity index (χ4v) is 4.43. The van der Waals surface area contributed by atoms with Crippen molar-refractivity contribution in [2.75, 3.05) is 18.9 Å². The first-order chi connectivity index (χ1) is 17.4. The first-order valence-corrected chi connectivity index (χ1v) is 11.7. The maximum absolute atomic E-state index is 13.9. The van der Waals surface area contributed by atoms with Crippen LogP contribution >= 0.6 is 11.6 Å². The molecule has 10 heteroatoms. The molecule has 2 aromatic heterocycles. The number of hydrogen-bond donors (Lipinski definition) is 3. The van der Waals surface area contributed by atoms with Gasteiger partial charge in [-0.25, -0.2) is 9.37 Å². The lowest BCUT2D eigenvalue weighted by molar-refractivity contribution is -0.0572. The number of ether oxygens (including phenoxy) is 3. The van der Waals surface area contributed by atoms with E-state index >= 15 is 0 Å². The zero-order chi connectivity index (χ0) is 25.2. The molecule has 1 saturated heterocycles. The summed E-state index contributed by atoms with van der Waals surface area (Å²) in [5.74, 6) is -0.206. The first-order valence-electron chi connectivity index (χ1n) is 11.4. The van der Waals surface area contributed by atoms with Gasteiger partial charge < -0.3 is 30.0 Å². The molecule has 2 atom stereocenters. The molecule has 8 nitrogen and oxygen atoms in total. The van der Waals surface area contributed by atoms with E-state index in [9.17, 15) is 14.3 Å². The number of nitrogens with zero attached hydrogens (tertiary/aromatic N) is 1. The Morgan fingerprint density at radius 3 is 2.86 bits per heavy atom. The van der Waals surface area contributed by atoms with Crippen molar-refractivity contribution in [2.24, 2.45) is 0 Å². The molecule has 5 rings (SSSR count). The van der Waals surface area contributed by atoms with Gasteiger partial charge in [0.15, 0.2) is 23.1 Å². The van der Waals surface area contributed by atoms with Crippen molar-refractivity contribution in [1.82, 2.24) is 9.97 Å². The highest BCUT2D eigenvalue weighted by Gasteiger charge is 2.26. The van der Waals surface area contributed by atoms with Crippen LogP contribution < -0.4 is 15.2 Å². The van der Waals surface area contributed by atoms with Crippen LogP contribution in [0.5, 0.6) is 17.2 Å². The highest BCUT2D eigenvalue weighted by atomic mass is 35.5. The number of nitrogen functional groups attached to an aromatic ring is 1. The Kier molecular flexibility index (Phi) is 6.77. The Bertz CT molecular complexity index is 1430. The summed E-state index contributed by atoms with van der Waals surface area (Å²) >= 11 is 6.42. The average Bonchev–Trinajstić information content (AvgIpc) is 3.32. The largest absolute Gasteiger partial charge is 0.486 e. The van der Waals surface area contributed by atoms with E-state index in [1.54, 1.807) is 18.2 Å². The van der Waals surface area contributed by atoms with Crippen LogP contribution in [0.15, 0.2) is 54.9 Å². The number of fused-ring (bicyclic) bond motifs is 1. The van der Waals surface area contributed by atoms with Gasteiger partial charge in [-0.3, -0.25) is 4.79 Å². The van der Waals surface area contributed by atoms with Crippen LogP contribution in [0.3, 0.4) is 0 Å². The molecule has 1 aliphatic heterocycles. The van der Waals surface area contributed by atoms with E-state index < -0.39 is 5.82 Å². The molecule has 0 amide bonds. The second-order valence-electron chi connectivity index (χ2n) is 8.40. The lowest BCUT2D eigenvalue weighted by atomic mass is 10.0. The molecule has 1 unspecified atom stereocenters. The summed E-state index contributed by atoms with van der Waals surface area (Å²) in [4.78, 5) is 20.7. The first kappa shape index (κ1) is 24.1. The molecule has 0 saturated carbocycles. The average molecular weight is 512 g/mol. The van der Waals surface area contributed by atoms with E-state index in [-0.39, 0.29) is 57.9 Å². The number of ketones is 1. The molecule has 4 aromatic rings. The molecular weight excluding hydrogens is 489 g/mol. The van der Waals surface area contributed by atoms with Crippen molar-refractivity contribution in [3.8, 4) is 17.2 Å². The van der Waals surface area contributed by atoms with E-state index in [0.717, 1.165) is 0 Å². The molecule has 1 aliphatic rings. The molecule has 2 aromatic carbocycles. The number of carbonyl (C=O) groups excluding carboxylic acids is 1. The Labute approximate surface area is 210 Å². The number of aromatic nitrogens is 2. The Hall–Kier alpha value is -3.66. The SMILES string of the molecule is Nc1c(OC2CCO[C@H](CO)C2)cnc2[nH]cc(C(=O)c3ccc(Oc4ccccc4F)cc3Cl)c12. The molecule has 0 radical (unpaired) electrons. The maximum atomic E-state index is 13.9. The third-order valence-corrected chi connectivity index (χ3v) is 6.33.